The Bertz CT molecular complexity index is 855. The van der Waals surface area contributed by atoms with Crippen LogP contribution in [0.4, 0.5) is 4.79 Å². The third kappa shape index (κ3) is 3.45. The summed E-state index contributed by atoms with van der Waals surface area (Å²) >= 11 is 2.67. The van der Waals surface area contributed by atoms with E-state index in [9.17, 15) is 19.2 Å². The Balaban J connectivity index is 1.81. The summed E-state index contributed by atoms with van der Waals surface area (Å²) in [7, 11) is 1.31. The van der Waals surface area contributed by atoms with Crippen molar-refractivity contribution in [3.63, 3.8) is 0 Å². The third-order valence-corrected chi connectivity index (χ3v) is 6.54. The van der Waals surface area contributed by atoms with Gasteiger partial charge in [0.25, 0.3) is 17.5 Å². The number of fused-ring (bicyclic) bond motifs is 1. The second-order valence-corrected chi connectivity index (χ2v) is 8.11. The maximum Gasteiger partial charge on any atom is 0.404 e. The van der Waals surface area contributed by atoms with E-state index in [0.29, 0.717) is 5.57 Å². The number of methoxy groups -OCH3 is 1. The summed E-state index contributed by atoms with van der Waals surface area (Å²) in [5.41, 5.74) is 9.07. The molecule has 0 unspecified atom stereocenters. The molecule has 1 aromatic rings. The van der Waals surface area contributed by atoms with Crippen molar-refractivity contribution in [3.8, 4) is 0 Å². The average molecular weight is 426 g/mol. The molecule has 10 nitrogen and oxygen atoms in total. The van der Waals surface area contributed by atoms with Gasteiger partial charge in [0.05, 0.1) is 6.42 Å². The van der Waals surface area contributed by atoms with Crippen molar-refractivity contribution in [2.75, 3.05) is 19.5 Å². The SMILES string of the molecule is CO[C@@]1(NC(=O)Cc2cccs2)C(=O)N2C(C(N)=O)=C(COC(N)=O)CS[C@@H]21. The van der Waals surface area contributed by atoms with Crippen LogP contribution in [-0.2, 0) is 30.3 Å². The normalized spacial score (nSPS) is 23.7. The van der Waals surface area contributed by atoms with Gasteiger partial charge < -0.3 is 26.3 Å². The lowest BCUT2D eigenvalue weighted by Gasteiger charge is -2.56. The van der Waals surface area contributed by atoms with Gasteiger partial charge in [0, 0.05) is 23.3 Å². The summed E-state index contributed by atoms with van der Waals surface area (Å²) in [6.45, 7) is -0.262. The van der Waals surface area contributed by atoms with Gasteiger partial charge in [-0.15, -0.1) is 23.1 Å². The Hall–Kier alpha value is -2.57. The van der Waals surface area contributed by atoms with Gasteiger partial charge in [0.2, 0.25) is 5.91 Å². The van der Waals surface area contributed by atoms with Crippen LogP contribution in [0.5, 0.6) is 0 Å². The minimum atomic E-state index is -1.60. The fourth-order valence-corrected chi connectivity index (χ4v) is 5.20. The number of β-lactam (4-membered cyclic amide) rings is 1. The van der Waals surface area contributed by atoms with E-state index in [0.717, 1.165) is 9.78 Å². The van der Waals surface area contributed by atoms with Crippen LogP contribution < -0.4 is 16.8 Å². The number of carbonyl (C=O) groups is 4. The molecule has 12 heteroatoms. The van der Waals surface area contributed by atoms with Crippen molar-refractivity contribution < 1.29 is 28.7 Å². The zero-order valence-electron chi connectivity index (χ0n) is 14.8. The molecule has 1 saturated heterocycles. The second kappa shape index (κ2) is 7.81. The van der Waals surface area contributed by atoms with Crippen LogP contribution in [0.1, 0.15) is 4.88 Å². The van der Waals surface area contributed by atoms with E-state index in [2.05, 4.69) is 5.32 Å². The highest BCUT2D eigenvalue weighted by Crippen LogP contribution is 2.46. The maximum absolute atomic E-state index is 12.9. The van der Waals surface area contributed by atoms with Crippen LogP contribution in [0, 0.1) is 0 Å². The number of nitrogens with zero attached hydrogens (tertiary/aromatic N) is 1. The number of nitrogens with one attached hydrogen (secondary N) is 1. The topological polar surface area (TPSA) is 154 Å². The summed E-state index contributed by atoms with van der Waals surface area (Å²) in [6.07, 6.45) is -0.908. The standard InChI is InChI=1S/C16H18N4O6S2/c1-25-16(19-10(21)5-9-3-2-4-27-9)13(23)20-11(12(17)22)8(6-26-15(18)24)7-28-14(16)20/h2-4,14H,5-7H2,1H3,(H2,17,22)(H2,18,24)(H,19,21)/t14-,16+/m1/s1. The fourth-order valence-electron chi connectivity index (χ4n) is 3.07. The summed E-state index contributed by atoms with van der Waals surface area (Å²) in [5, 5.41) is 3.81. The number of thioether (sulfide) groups is 1. The Kier molecular flexibility index (Phi) is 5.63. The first-order valence-corrected chi connectivity index (χ1v) is 10.0. The zero-order chi connectivity index (χ0) is 20.5. The van der Waals surface area contributed by atoms with Gasteiger partial charge in [-0.1, -0.05) is 6.07 Å². The van der Waals surface area contributed by atoms with Crippen molar-refractivity contribution >= 4 is 46.9 Å². The number of nitrogens with two attached hydrogens (primary N) is 2. The molecule has 4 amide bonds. The monoisotopic (exact) mass is 426 g/mol. The van der Waals surface area contributed by atoms with E-state index >= 15 is 0 Å². The predicted octanol–water partition coefficient (Wildman–Crippen LogP) is -0.501. The van der Waals surface area contributed by atoms with Crippen molar-refractivity contribution in [1.29, 1.82) is 0 Å². The van der Waals surface area contributed by atoms with Crippen molar-refractivity contribution in [2.24, 2.45) is 11.5 Å². The minimum Gasteiger partial charge on any atom is -0.445 e. The van der Waals surface area contributed by atoms with E-state index in [1.54, 1.807) is 0 Å². The quantitative estimate of drug-likeness (QED) is 0.392. The Labute approximate surface area is 168 Å². The smallest absolute Gasteiger partial charge is 0.404 e. The van der Waals surface area contributed by atoms with Gasteiger partial charge in [-0.05, 0) is 11.4 Å². The van der Waals surface area contributed by atoms with Gasteiger partial charge in [0.15, 0.2) is 0 Å². The Morgan fingerprint density at radius 1 is 1.39 bits per heavy atom. The van der Waals surface area contributed by atoms with E-state index in [4.69, 9.17) is 20.9 Å². The van der Waals surface area contributed by atoms with Crippen molar-refractivity contribution in [3.05, 3.63) is 33.7 Å². The van der Waals surface area contributed by atoms with Crippen LogP contribution in [0.25, 0.3) is 0 Å². The molecule has 0 aromatic carbocycles. The summed E-state index contributed by atoms with van der Waals surface area (Å²) in [4.78, 5) is 50.1. The zero-order valence-corrected chi connectivity index (χ0v) is 16.4. The first kappa shape index (κ1) is 20.2. The summed E-state index contributed by atoms with van der Waals surface area (Å²) < 4.78 is 10.1. The molecule has 0 bridgehead atoms. The van der Waals surface area contributed by atoms with Crippen LogP contribution >= 0.6 is 23.1 Å². The molecule has 3 heterocycles. The molecule has 150 valence electrons. The lowest BCUT2D eigenvalue weighted by Crippen LogP contribution is -2.81. The van der Waals surface area contributed by atoms with Crippen molar-refractivity contribution in [1.82, 2.24) is 10.2 Å². The molecule has 2 aliphatic rings. The lowest BCUT2D eigenvalue weighted by molar-refractivity contribution is -0.191. The molecule has 1 aromatic heterocycles. The molecule has 2 aliphatic heterocycles. The number of primary amides is 2. The van der Waals surface area contributed by atoms with E-state index < -0.39 is 29.0 Å². The summed E-state index contributed by atoms with van der Waals surface area (Å²) in [6, 6.07) is 3.64. The van der Waals surface area contributed by atoms with Gasteiger partial charge in [0.1, 0.15) is 17.7 Å². The van der Waals surface area contributed by atoms with E-state index in [1.165, 1.54) is 30.2 Å². The number of hydrogen-bond donors (Lipinski definition) is 3. The average Bonchev–Trinajstić information content (AvgIpc) is 3.15. The van der Waals surface area contributed by atoms with Crippen molar-refractivity contribution in [2.45, 2.75) is 17.5 Å². The molecule has 2 atom stereocenters. The molecule has 0 aliphatic carbocycles. The predicted molar refractivity (Wildman–Crippen MR) is 101 cm³/mol. The van der Waals surface area contributed by atoms with Gasteiger partial charge in [-0.2, -0.15) is 0 Å². The number of rotatable bonds is 7. The van der Waals surface area contributed by atoms with Crippen LogP contribution in [-0.4, -0.2) is 59.3 Å². The number of thiophene rings is 1. The lowest BCUT2D eigenvalue weighted by atomic mass is 9.97. The molecule has 0 spiro atoms. The molecule has 1 fully saturated rings. The Morgan fingerprint density at radius 3 is 2.71 bits per heavy atom. The molecule has 5 N–H and O–H groups in total. The highest BCUT2D eigenvalue weighted by Gasteiger charge is 2.66. The fraction of sp³-hybridized carbons (Fsp3) is 0.375. The van der Waals surface area contributed by atoms with Crippen LogP contribution in [0.15, 0.2) is 28.8 Å². The number of hydrogen-bond acceptors (Lipinski definition) is 8. The molecular formula is C16H18N4O6S2. The van der Waals surface area contributed by atoms with Crippen LogP contribution in [0.2, 0.25) is 0 Å². The highest BCUT2D eigenvalue weighted by molar-refractivity contribution is 8.00. The highest BCUT2D eigenvalue weighted by atomic mass is 32.2. The number of amides is 4. The molecule has 28 heavy (non-hydrogen) atoms. The first-order valence-electron chi connectivity index (χ1n) is 8.08. The van der Waals surface area contributed by atoms with Gasteiger partial charge in [-0.3, -0.25) is 19.3 Å². The largest absolute Gasteiger partial charge is 0.445 e. The van der Waals surface area contributed by atoms with E-state index in [1.807, 2.05) is 17.5 Å². The second-order valence-electron chi connectivity index (χ2n) is 6.01. The third-order valence-electron chi connectivity index (χ3n) is 4.29. The molecule has 3 rings (SSSR count). The minimum absolute atomic E-state index is 0.0739. The Morgan fingerprint density at radius 2 is 2.14 bits per heavy atom. The molecule has 0 saturated carbocycles. The number of ether oxygens (including phenoxy) is 2. The van der Waals surface area contributed by atoms with Crippen LogP contribution in [0.3, 0.4) is 0 Å². The maximum atomic E-state index is 12.9. The van der Waals surface area contributed by atoms with Gasteiger partial charge >= 0.3 is 6.09 Å². The molecular weight excluding hydrogens is 408 g/mol. The van der Waals surface area contributed by atoms with Gasteiger partial charge in [-0.25, -0.2) is 4.79 Å². The molecule has 0 radical (unpaired) electrons. The van der Waals surface area contributed by atoms with E-state index in [-0.39, 0.29) is 30.4 Å². The first-order chi connectivity index (χ1) is 13.3. The summed E-state index contributed by atoms with van der Waals surface area (Å²) in [5.74, 6) is -1.62. The number of carbonyl (C=O) groups excluding carboxylic acids is 4.